The van der Waals surface area contributed by atoms with E-state index in [4.69, 9.17) is 4.74 Å². The molecule has 0 aromatic carbocycles. The van der Waals surface area contributed by atoms with Gasteiger partial charge in [0, 0.05) is 25.7 Å². The van der Waals surface area contributed by atoms with E-state index in [0.717, 1.165) is 31.6 Å². The normalized spacial score (nSPS) is 38.2. The fourth-order valence-corrected chi connectivity index (χ4v) is 3.82. The number of hydrogen-bond donors (Lipinski definition) is 1. The van der Waals surface area contributed by atoms with Gasteiger partial charge in [0.15, 0.2) is 0 Å². The van der Waals surface area contributed by atoms with Crippen LogP contribution >= 0.6 is 0 Å². The largest absolute Gasteiger partial charge is 0.378 e. The summed E-state index contributed by atoms with van der Waals surface area (Å²) in [7, 11) is 0. The second-order valence-electron chi connectivity index (χ2n) is 5.59. The van der Waals surface area contributed by atoms with Crippen molar-refractivity contribution in [1.82, 2.24) is 10.2 Å². The number of hydrogen-bond acceptors (Lipinski definition) is 3. The van der Waals surface area contributed by atoms with Crippen LogP contribution in [0.15, 0.2) is 0 Å². The summed E-state index contributed by atoms with van der Waals surface area (Å²) in [6.07, 6.45) is 5.82. The fourth-order valence-electron chi connectivity index (χ4n) is 3.82. The first-order valence-corrected chi connectivity index (χ1v) is 6.97. The lowest BCUT2D eigenvalue weighted by Gasteiger charge is -2.40. The molecule has 2 atom stereocenters. The zero-order valence-electron chi connectivity index (χ0n) is 10.2. The molecule has 3 nitrogen and oxygen atoms in total. The summed E-state index contributed by atoms with van der Waals surface area (Å²) < 4.78 is 5.71. The Labute approximate surface area is 98.5 Å². The van der Waals surface area contributed by atoms with Gasteiger partial charge in [-0.05, 0) is 18.4 Å². The maximum Gasteiger partial charge on any atom is 0.0625 e. The average molecular weight is 224 g/mol. The van der Waals surface area contributed by atoms with E-state index in [2.05, 4.69) is 10.2 Å². The highest BCUT2D eigenvalue weighted by Crippen LogP contribution is 2.35. The second kappa shape index (κ2) is 5.03. The van der Waals surface area contributed by atoms with E-state index in [1.165, 1.54) is 45.3 Å². The molecular formula is C13H24N2O. The van der Waals surface area contributed by atoms with E-state index in [1.807, 2.05) is 0 Å². The Hall–Kier alpha value is -0.120. The molecule has 3 heteroatoms. The third-order valence-electron chi connectivity index (χ3n) is 4.74. The summed E-state index contributed by atoms with van der Waals surface area (Å²) in [5, 5.41) is 3.63. The van der Waals surface area contributed by atoms with Gasteiger partial charge in [-0.1, -0.05) is 25.7 Å². The molecule has 3 rings (SSSR count). The molecule has 1 aliphatic carbocycles. The lowest BCUT2D eigenvalue weighted by molar-refractivity contribution is -0.0317. The molecule has 92 valence electrons. The topological polar surface area (TPSA) is 24.5 Å². The maximum atomic E-state index is 5.71. The van der Waals surface area contributed by atoms with Gasteiger partial charge in [0.05, 0.1) is 13.2 Å². The van der Waals surface area contributed by atoms with Crippen molar-refractivity contribution in [2.24, 2.45) is 11.8 Å². The molecular weight excluding hydrogens is 200 g/mol. The van der Waals surface area contributed by atoms with Gasteiger partial charge in [-0.25, -0.2) is 0 Å². The highest BCUT2D eigenvalue weighted by Gasteiger charge is 2.37. The van der Waals surface area contributed by atoms with Crippen LogP contribution in [0.25, 0.3) is 0 Å². The predicted molar refractivity (Wildman–Crippen MR) is 64.5 cm³/mol. The Kier molecular flexibility index (Phi) is 3.46. The van der Waals surface area contributed by atoms with Crippen molar-refractivity contribution < 1.29 is 4.74 Å². The van der Waals surface area contributed by atoms with Crippen molar-refractivity contribution in [3.8, 4) is 0 Å². The van der Waals surface area contributed by atoms with Gasteiger partial charge in [-0.15, -0.1) is 0 Å². The van der Waals surface area contributed by atoms with Crippen LogP contribution in [0.1, 0.15) is 25.7 Å². The smallest absolute Gasteiger partial charge is 0.0625 e. The molecule has 2 heterocycles. The number of nitrogens with one attached hydrogen (secondary N) is 1. The van der Waals surface area contributed by atoms with E-state index >= 15 is 0 Å². The highest BCUT2D eigenvalue weighted by atomic mass is 16.5. The molecule has 16 heavy (non-hydrogen) atoms. The summed E-state index contributed by atoms with van der Waals surface area (Å²) in [6.45, 7) is 6.67. The van der Waals surface area contributed by atoms with E-state index < -0.39 is 0 Å². The SMILES string of the molecule is C1CCC(C2CNCCN3CCOCC23)C1. The lowest BCUT2D eigenvalue weighted by Crippen LogP contribution is -2.51. The quantitative estimate of drug-likeness (QED) is 0.722. The standard InChI is InChI=1S/C13H24N2O/c1-2-4-11(3-1)12-9-14-5-6-15-7-8-16-10-13(12)15/h11-14H,1-10H2. The molecule has 0 aromatic rings. The Morgan fingerprint density at radius 1 is 1.12 bits per heavy atom. The Morgan fingerprint density at radius 3 is 2.88 bits per heavy atom. The van der Waals surface area contributed by atoms with Gasteiger partial charge in [-0.2, -0.15) is 0 Å². The van der Waals surface area contributed by atoms with Crippen molar-refractivity contribution >= 4 is 0 Å². The first-order chi connectivity index (χ1) is 7.95. The Morgan fingerprint density at radius 2 is 2.00 bits per heavy atom. The number of ether oxygens (including phenoxy) is 1. The molecule has 2 aliphatic heterocycles. The molecule has 0 bridgehead atoms. The van der Waals surface area contributed by atoms with E-state index in [-0.39, 0.29) is 0 Å². The van der Waals surface area contributed by atoms with Crippen LogP contribution in [0.5, 0.6) is 0 Å². The summed E-state index contributed by atoms with van der Waals surface area (Å²) >= 11 is 0. The zero-order valence-corrected chi connectivity index (χ0v) is 10.2. The van der Waals surface area contributed by atoms with E-state index in [9.17, 15) is 0 Å². The maximum absolute atomic E-state index is 5.71. The number of morpholine rings is 1. The van der Waals surface area contributed by atoms with E-state index in [0.29, 0.717) is 6.04 Å². The van der Waals surface area contributed by atoms with Gasteiger partial charge in [0.2, 0.25) is 0 Å². The van der Waals surface area contributed by atoms with Gasteiger partial charge in [0.1, 0.15) is 0 Å². The van der Waals surface area contributed by atoms with Crippen LogP contribution in [0.2, 0.25) is 0 Å². The lowest BCUT2D eigenvalue weighted by atomic mass is 9.84. The molecule has 2 unspecified atom stereocenters. The summed E-state index contributed by atoms with van der Waals surface area (Å²) in [5.74, 6) is 1.80. The molecule has 0 aromatic heterocycles. The van der Waals surface area contributed by atoms with Gasteiger partial charge < -0.3 is 10.1 Å². The molecule has 3 fully saturated rings. The summed E-state index contributed by atoms with van der Waals surface area (Å²) in [6, 6.07) is 0.701. The van der Waals surface area contributed by atoms with Crippen molar-refractivity contribution in [2.75, 3.05) is 39.4 Å². The van der Waals surface area contributed by atoms with Crippen molar-refractivity contribution in [3.05, 3.63) is 0 Å². The average Bonchev–Trinajstić information content (AvgIpc) is 2.76. The van der Waals surface area contributed by atoms with Crippen molar-refractivity contribution in [1.29, 1.82) is 0 Å². The summed E-state index contributed by atoms with van der Waals surface area (Å²) in [4.78, 5) is 2.67. The zero-order chi connectivity index (χ0) is 10.8. The van der Waals surface area contributed by atoms with Gasteiger partial charge in [0.25, 0.3) is 0 Å². The van der Waals surface area contributed by atoms with Crippen molar-refractivity contribution in [2.45, 2.75) is 31.7 Å². The first kappa shape index (κ1) is 11.0. The van der Waals surface area contributed by atoms with Crippen LogP contribution in [-0.4, -0.2) is 50.3 Å². The van der Waals surface area contributed by atoms with Crippen LogP contribution in [0.4, 0.5) is 0 Å². The van der Waals surface area contributed by atoms with Crippen LogP contribution in [0, 0.1) is 11.8 Å². The number of rotatable bonds is 1. The second-order valence-corrected chi connectivity index (χ2v) is 5.59. The third kappa shape index (κ3) is 2.13. The highest BCUT2D eigenvalue weighted by molar-refractivity contribution is 4.91. The molecule has 0 amide bonds. The fraction of sp³-hybridized carbons (Fsp3) is 1.00. The first-order valence-electron chi connectivity index (χ1n) is 6.97. The minimum absolute atomic E-state index is 0.701. The monoisotopic (exact) mass is 224 g/mol. The molecule has 1 N–H and O–H groups in total. The third-order valence-corrected chi connectivity index (χ3v) is 4.74. The molecule has 0 spiro atoms. The molecule has 3 aliphatic rings. The van der Waals surface area contributed by atoms with Gasteiger partial charge in [-0.3, -0.25) is 4.90 Å². The van der Waals surface area contributed by atoms with Crippen LogP contribution in [-0.2, 0) is 4.74 Å². The molecule has 2 saturated heterocycles. The van der Waals surface area contributed by atoms with Crippen LogP contribution < -0.4 is 5.32 Å². The van der Waals surface area contributed by atoms with E-state index in [1.54, 1.807) is 0 Å². The van der Waals surface area contributed by atoms with Crippen molar-refractivity contribution in [3.63, 3.8) is 0 Å². The predicted octanol–water partition coefficient (Wildman–Crippen LogP) is 1.10. The minimum atomic E-state index is 0.701. The number of nitrogens with zero attached hydrogens (tertiary/aromatic N) is 1. The Bertz CT molecular complexity index is 228. The summed E-state index contributed by atoms with van der Waals surface area (Å²) in [5.41, 5.74) is 0. The minimum Gasteiger partial charge on any atom is -0.378 e. The Balaban J connectivity index is 1.72. The molecule has 1 saturated carbocycles. The molecule has 0 radical (unpaired) electrons. The number of fused-ring (bicyclic) bond motifs is 1. The van der Waals surface area contributed by atoms with Gasteiger partial charge >= 0.3 is 0 Å². The van der Waals surface area contributed by atoms with Crippen LogP contribution in [0.3, 0.4) is 0 Å².